The van der Waals surface area contributed by atoms with E-state index >= 15 is 0 Å². The van der Waals surface area contributed by atoms with Crippen LogP contribution in [0.25, 0.3) is 0 Å². The first-order valence-corrected chi connectivity index (χ1v) is 3.66. The number of amides is 1. The Hall–Kier alpha value is -1.32. The summed E-state index contributed by atoms with van der Waals surface area (Å²) in [4.78, 5) is 21.5. The van der Waals surface area contributed by atoms with Gasteiger partial charge in [-0.1, -0.05) is 6.08 Å². The van der Waals surface area contributed by atoms with Crippen LogP contribution in [0.3, 0.4) is 0 Å². The number of hydrogen-bond donors (Lipinski definition) is 2. The maximum absolute atomic E-state index is 10.9. The van der Waals surface area contributed by atoms with Crippen LogP contribution in [-0.2, 0) is 9.59 Å². The SMILES string of the molecule is CC1(C)NC(=O)C=CC1C(=O)O. The van der Waals surface area contributed by atoms with Crippen molar-refractivity contribution in [2.45, 2.75) is 19.4 Å². The van der Waals surface area contributed by atoms with E-state index in [-0.39, 0.29) is 5.91 Å². The normalized spacial score (nSPS) is 26.5. The fraction of sp³-hybridized carbons (Fsp3) is 0.500. The first kappa shape index (κ1) is 8.77. The van der Waals surface area contributed by atoms with E-state index in [4.69, 9.17) is 5.11 Å². The lowest BCUT2D eigenvalue weighted by atomic mass is 9.85. The topological polar surface area (TPSA) is 66.4 Å². The lowest BCUT2D eigenvalue weighted by Crippen LogP contribution is -2.53. The molecule has 66 valence electrons. The summed E-state index contributed by atoms with van der Waals surface area (Å²) in [5.41, 5.74) is -0.697. The molecule has 1 rings (SSSR count). The van der Waals surface area contributed by atoms with E-state index in [0.29, 0.717) is 0 Å². The molecule has 1 heterocycles. The molecule has 1 aliphatic heterocycles. The lowest BCUT2D eigenvalue weighted by Gasteiger charge is -2.32. The molecule has 0 aromatic heterocycles. The Morgan fingerprint density at radius 1 is 1.67 bits per heavy atom. The molecule has 0 aliphatic carbocycles. The van der Waals surface area contributed by atoms with Gasteiger partial charge in [0, 0.05) is 0 Å². The van der Waals surface area contributed by atoms with Crippen molar-refractivity contribution in [3.05, 3.63) is 12.2 Å². The molecule has 1 unspecified atom stereocenters. The third kappa shape index (κ3) is 1.47. The van der Waals surface area contributed by atoms with Crippen molar-refractivity contribution in [3.8, 4) is 0 Å². The summed E-state index contributed by atoms with van der Waals surface area (Å²) in [7, 11) is 0. The van der Waals surface area contributed by atoms with Crippen molar-refractivity contribution in [1.82, 2.24) is 5.32 Å². The number of nitrogens with one attached hydrogen (secondary N) is 1. The minimum atomic E-state index is -0.920. The number of carboxylic acid groups (broad SMARTS) is 1. The van der Waals surface area contributed by atoms with Crippen molar-refractivity contribution in [1.29, 1.82) is 0 Å². The first-order valence-electron chi connectivity index (χ1n) is 3.66. The molecular weight excluding hydrogens is 158 g/mol. The third-order valence-electron chi connectivity index (χ3n) is 1.93. The van der Waals surface area contributed by atoms with Crippen molar-refractivity contribution in [3.63, 3.8) is 0 Å². The van der Waals surface area contributed by atoms with Gasteiger partial charge in [0.2, 0.25) is 5.91 Å². The number of hydrogen-bond acceptors (Lipinski definition) is 2. The largest absolute Gasteiger partial charge is 0.481 e. The molecule has 12 heavy (non-hydrogen) atoms. The summed E-state index contributed by atoms with van der Waals surface area (Å²) in [6.45, 7) is 3.38. The van der Waals surface area contributed by atoms with Crippen molar-refractivity contribution in [2.75, 3.05) is 0 Å². The van der Waals surface area contributed by atoms with Crippen LogP contribution in [0.15, 0.2) is 12.2 Å². The van der Waals surface area contributed by atoms with Crippen LogP contribution in [0.5, 0.6) is 0 Å². The van der Waals surface area contributed by atoms with Crippen LogP contribution in [0.4, 0.5) is 0 Å². The Morgan fingerprint density at radius 2 is 2.25 bits per heavy atom. The van der Waals surface area contributed by atoms with E-state index in [0.717, 1.165) is 0 Å². The monoisotopic (exact) mass is 169 g/mol. The van der Waals surface area contributed by atoms with E-state index in [9.17, 15) is 9.59 Å². The van der Waals surface area contributed by atoms with E-state index in [2.05, 4.69) is 5.32 Å². The predicted molar refractivity (Wildman–Crippen MR) is 42.5 cm³/mol. The fourth-order valence-electron chi connectivity index (χ4n) is 1.25. The molecule has 0 aromatic carbocycles. The van der Waals surface area contributed by atoms with Crippen molar-refractivity contribution in [2.24, 2.45) is 5.92 Å². The Balaban J connectivity index is 2.94. The molecule has 1 aliphatic rings. The van der Waals surface area contributed by atoms with Gasteiger partial charge in [0.1, 0.15) is 0 Å². The van der Waals surface area contributed by atoms with Crippen molar-refractivity contribution >= 4 is 11.9 Å². The van der Waals surface area contributed by atoms with Gasteiger partial charge in [-0.05, 0) is 19.9 Å². The molecule has 0 aromatic rings. The van der Waals surface area contributed by atoms with E-state index in [1.807, 2.05) is 0 Å². The van der Waals surface area contributed by atoms with Crippen LogP contribution >= 0.6 is 0 Å². The minimum absolute atomic E-state index is 0.238. The molecule has 4 nitrogen and oxygen atoms in total. The summed E-state index contributed by atoms with van der Waals surface area (Å²) in [6.07, 6.45) is 2.67. The summed E-state index contributed by atoms with van der Waals surface area (Å²) in [5.74, 6) is -1.80. The average Bonchev–Trinajstić information content (AvgIpc) is 1.82. The van der Waals surface area contributed by atoms with Crippen LogP contribution in [0, 0.1) is 5.92 Å². The van der Waals surface area contributed by atoms with E-state index < -0.39 is 17.4 Å². The summed E-state index contributed by atoms with van der Waals surface area (Å²) in [5, 5.41) is 11.3. The second kappa shape index (κ2) is 2.62. The van der Waals surface area contributed by atoms with Gasteiger partial charge >= 0.3 is 5.97 Å². The van der Waals surface area contributed by atoms with Gasteiger partial charge in [-0.15, -0.1) is 0 Å². The van der Waals surface area contributed by atoms with Gasteiger partial charge in [-0.2, -0.15) is 0 Å². The number of carbonyl (C=O) groups is 2. The number of carboxylic acids is 1. The molecule has 1 amide bonds. The molecule has 0 saturated heterocycles. The minimum Gasteiger partial charge on any atom is -0.481 e. The smallest absolute Gasteiger partial charge is 0.312 e. The standard InChI is InChI=1S/C8H11NO3/c1-8(2)5(7(11)12)3-4-6(10)9-8/h3-5H,1-2H3,(H,9,10)(H,11,12). The Morgan fingerprint density at radius 3 is 2.67 bits per heavy atom. The highest BCUT2D eigenvalue weighted by molar-refractivity contribution is 5.91. The first-order chi connectivity index (χ1) is 5.43. The molecule has 4 heteroatoms. The van der Waals surface area contributed by atoms with Gasteiger partial charge < -0.3 is 10.4 Å². The second-order valence-corrected chi connectivity index (χ2v) is 3.39. The Labute approximate surface area is 70.3 Å². The highest BCUT2D eigenvalue weighted by Gasteiger charge is 2.36. The molecule has 0 saturated carbocycles. The molecule has 0 fully saturated rings. The molecule has 0 radical (unpaired) electrons. The molecular formula is C8H11NO3. The lowest BCUT2D eigenvalue weighted by molar-refractivity contribution is -0.142. The maximum Gasteiger partial charge on any atom is 0.312 e. The van der Waals surface area contributed by atoms with Gasteiger partial charge in [-0.25, -0.2) is 0 Å². The van der Waals surface area contributed by atoms with E-state index in [1.54, 1.807) is 13.8 Å². The van der Waals surface area contributed by atoms with Crippen LogP contribution in [0.1, 0.15) is 13.8 Å². The summed E-state index contributed by atoms with van der Waals surface area (Å²) in [6, 6.07) is 0. The average molecular weight is 169 g/mol. The maximum atomic E-state index is 10.9. The predicted octanol–water partition coefficient (Wildman–Crippen LogP) is 0.152. The van der Waals surface area contributed by atoms with Gasteiger partial charge in [0.05, 0.1) is 11.5 Å². The summed E-state index contributed by atoms with van der Waals surface area (Å²) >= 11 is 0. The highest BCUT2D eigenvalue weighted by atomic mass is 16.4. The number of aliphatic carboxylic acids is 1. The van der Waals surface area contributed by atoms with Gasteiger partial charge in [0.25, 0.3) is 0 Å². The fourth-order valence-corrected chi connectivity index (χ4v) is 1.25. The Kier molecular flexibility index (Phi) is 1.92. The number of carbonyl (C=O) groups excluding carboxylic acids is 1. The van der Waals surface area contributed by atoms with Crippen molar-refractivity contribution < 1.29 is 14.7 Å². The van der Waals surface area contributed by atoms with E-state index in [1.165, 1.54) is 12.2 Å². The van der Waals surface area contributed by atoms with Crippen LogP contribution < -0.4 is 5.32 Å². The zero-order valence-electron chi connectivity index (χ0n) is 7.00. The van der Waals surface area contributed by atoms with Crippen LogP contribution in [-0.4, -0.2) is 22.5 Å². The zero-order chi connectivity index (χ0) is 9.35. The highest BCUT2D eigenvalue weighted by Crippen LogP contribution is 2.21. The van der Waals surface area contributed by atoms with Crippen LogP contribution in [0.2, 0.25) is 0 Å². The quantitative estimate of drug-likeness (QED) is 0.587. The molecule has 1 atom stereocenters. The molecule has 2 N–H and O–H groups in total. The van der Waals surface area contributed by atoms with Gasteiger partial charge in [-0.3, -0.25) is 9.59 Å². The third-order valence-corrected chi connectivity index (χ3v) is 1.93. The molecule has 0 bridgehead atoms. The van der Waals surface area contributed by atoms with Gasteiger partial charge in [0.15, 0.2) is 0 Å². The number of rotatable bonds is 1. The second-order valence-electron chi connectivity index (χ2n) is 3.39. The Bertz CT molecular complexity index is 255. The summed E-state index contributed by atoms with van der Waals surface area (Å²) < 4.78 is 0. The molecule has 0 spiro atoms. The zero-order valence-corrected chi connectivity index (χ0v) is 7.00.